The molecule has 37 heavy (non-hydrogen) atoms. The molecule has 0 bridgehead atoms. The van der Waals surface area contributed by atoms with Gasteiger partial charge in [0.25, 0.3) is 0 Å². The number of alkyl carbamates (subject to hydrolysis) is 1. The Bertz CT molecular complexity index is 1360. The summed E-state index contributed by atoms with van der Waals surface area (Å²) in [6.45, 7) is 0.860. The number of carbonyl (C=O) groups is 1. The zero-order valence-electron chi connectivity index (χ0n) is 19.2. The predicted molar refractivity (Wildman–Crippen MR) is 115 cm³/mol. The Hall–Kier alpha value is -3.97. The van der Waals surface area contributed by atoms with Gasteiger partial charge >= 0.3 is 12.5 Å². The van der Waals surface area contributed by atoms with Gasteiger partial charge in [0.1, 0.15) is 17.7 Å². The van der Waals surface area contributed by atoms with Crippen molar-refractivity contribution in [2.45, 2.75) is 56.7 Å². The van der Waals surface area contributed by atoms with Gasteiger partial charge in [0.05, 0.1) is 30.8 Å². The van der Waals surface area contributed by atoms with Crippen LogP contribution >= 0.6 is 0 Å². The van der Waals surface area contributed by atoms with Crippen molar-refractivity contribution >= 4 is 23.5 Å². The van der Waals surface area contributed by atoms with E-state index in [2.05, 4.69) is 35.5 Å². The smallest absolute Gasteiger partial charge is 0.441 e. The molecule has 3 N–H and O–H groups in total. The Morgan fingerprint density at radius 3 is 2.92 bits per heavy atom. The first-order chi connectivity index (χ1) is 17.5. The first kappa shape index (κ1) is 24.7. The van der Waals surface area contributed by atoms with Crippen molar-refractivity contribution in [2.24, 2.45) is 0 Å². The Morgan fingerprint density at radius 1 is 1.43 bits per heavy atom. The quantitative estimate of drug-likeness (QED) is 0.396. The molecule has 16 heteroatoms. The van der Waals surface area contributed by atoms with E-state index in [-0.39, 0.29) is 46.5 Å². The summed E-state index contributed by atoms with van der Waals surface area (Å²) in [7, 11) is 0. The third-order valence-corrected chi connectivity index (χ3v) is 5.94. The Morgan fingerprint density at radius 2 is 2.22 bits per heavy atom. The summed E-state index contributed by atoms with van der Waals surface area (Å²) < 4.78 is 68.0. The van der Waals surface area contributed by atoms with Crippen LogP contribution in [0.3, 0.4) is 0 Å². The zero-order valence-corrected chi connectivity index (χ0v) is 19.2. The molecule has 0 radical (unpaired) electrons. The molecule has 1 saturated carbocycles. The Labute approximate surface area is 205 Å². The molecular weight excluding hydrogens is 504 g/mol. The van der Waals surface area contributed by atoms with Gasteiger partial charge in [-0.25, -0.2) is 19.2 Å². The fraction of sp³-hybridized carbons (Fsp3) is 0.476. The molecule has 5 rings (SSSR count). The normalized spacial score (nSPS) is 22.5. The van der Waals surface area contributed by atoms with E-state index in [1.165, 1.54) is 22.9 Å². The molecule has 3 atom stereocenters. The fourth-order valence-corrected chi connectivity index (χ4v) is 3.75. The van der Waals surface area contributed by atoms with Crippen molar-refractivity contribution in [3.63, 3.8) is 0 Å². The number of halogens is 4. The number of nitriles is 1. The van der Waals surface area contributed by atoms with E-state index in [0.717, 1.165) is 12.8 Å². The second kappa shape index (κ2) is 9.16. The summed E-state index contributed by atoms with van der Waals surface area (Å²) in [6, 6.07) is 3.31. The molecule has 0 spiro atoms. The first-order valence-corrected chi connectivity index (χ1v) is 11.1. The molecule has 0 aromatic carbocycles. The monoisotopic (exact) mass is 524 g/mol. The lowest BCUT2D eigenvalue weighted by molar-refractivity contribution is -0.330. The highest BCUT2D eigenvalue weighted by Crippen LogP contribution is 2.36. The maximum Gasteiger partial charge on any atom is 0.522 e. The number of fused-ring (bicyclic) bond motifs is 1. The van der Waals surface area contributed by atoms with Crippen LogP contribution in [0, 0.1) is 11.3 Å². The van der Waals surface area contributed by atoms with E-state index >= 15 is 0 Å². The Kier molecular flexibility index (Phi) is 6.12. The third-order valence-electron chi connectivity index (χ3n) is 5.94. The van der Waals surface area contributed by atoms with Gasteiger partial charge in [-0.1, -0.05) is 0 Å². The number of anilines is 2. The number of H-pyrrole nitrogens is 1. The van der Waals surface area contributed by atoms with E-state index < -0.39 is 37.4 Å². The van der Waals surface area contributed by atoms with Gasteiger partial charge in [0.15, 0.2) is 23.7 Å². The number of hydrogen-bond donors (Lipinski definition) is 3. The summed E-state index contributed by atoms with van der Waals surface area (Å²) in [5, 5.41) is 21.5. The molecule has 4 heterocycles. The molecule has 2 aliphatic rings. The van der Waals surface area contributed by atoms with Crippen molar-refractivity contribution in [1.29, 1.82) is 5.26 Å². The predicted octanol–water partition coefficient (Wildman–Crippen LogP) is 3.16. The van der Waals surface area contributed by atoms with Crippen molar-refractivity contribution < 1.29 is 36.6 Å². The molecule has 1 saturated heterocycles. The van der Waals surface area contributed by atoms with Crippen LogP contribution in [0.15, 0.2) is 18.5 Å². The molecule has 3 aromatic rings. The number of carbonyl (C=O) groups excluding carboxylic acids is 1. The number of amides is 1. The van der Waals surface area contributed by atoms with E-state index in [1.807, 2.05) is 13.0 Å². The minimum absolute atomic E-state index is 0.0249. The van der Waals surface area contributed by atoms with Crippen LogP contribution < -0.4 is 10.6 Å². The summed E-state index contributed by atoms with van der Waals surface area (Å²) >= 11 is 0. The van der Waals surface area contributed by atoms with Gasteiger partial charge in [-0.05, 0) is 19.8 Å². The molecule has 1 aliphatic heterocycles. The minimum Gasteiger partial charge on any atom is -0.441 e. The maximum absolute atomic E-state index is 15.0. The van der Waals surface area contributed by atoms with Gasteiger partial charge in [-0.2, -0.15) is 10.4 Å². The van der Waals surface area contributed by atoms with Gasteiger partial charge in [0, 0.05) is 17.8 Å². The molecule has 3 aromatic heterocycles. The number of ether oxygens (including phenoxy) is 3. The van der Waals surface area contributed by atoms with Crippen LogP contribution in [0.2, 0.25) is 0 Å². The standard InChI is InChI=1S/C21H20F4N8O4/c1-20(2-3-20)30-19(34)37-13-9-35-16(15(13)22)12-4-14(32-31-12)29-18-27-6-10(5-26)17-28-11(7-33(17)18)8-36-21(23,24)25/h4,6-7,13,15-16H,2-3,8-9H2,1H3,(H,30,34)(H2,27,29,31,32)/t13-,15+,16-/m0/s1. The number of rotatable bonds is 7. The maximum atomic E-state index is 15.0. The highest BCUT2D eigenvalue weighted by Gasteiger charge is 2.44. The van der Waals surface area contributed by atoms with Crippen LogP contribution in [0.1, 0.15) is 42.8 Å². The van der Waals surface area contributed by atoms with Crippen molar-refractivity contribution in [1.82, 2.24) is 29.9 Å². The number of aromatic amines is 1. The average Bonchev–Trinajstić information content (AvgIpc) is 3.20. The van der Waals surface area contributed by atoms with Crippen LogP contribution in [0.4, 0.5) is 34.1 Å². The van der Waals surface area contributed by atoms with E-state index in [1.54, 1.807) is 0 Å². The van der Waals surface area contributed by atoms with Crippen molar-refractivity contribution in [2.75, 3.05) is 11.9 Å². The van der Waals surface area contributed by atoms with E-state index in [9.17, 15) is 27.6 Å². The second-order valence-corrected chi connectivity index (χ2v) is 8.93. The minimum atomic E-state index is -4.85. The van der Waals surface area contributed by atoms with Crippen molar-refractivity contribution in [3.05, 3.63) is 35.4 Å². The third kappa shape index (κ3) is 5.42. The average molecular weight is 524 g/mol. The lowest BCUT2D eigenvalue weighted by Crippen LogP contribution is -2.39. The molecule has 196 valence electrons. The van der Waals surface area contributed by atoms with Crippen LogP contribution in [0.25, 0.3) is 5.65 Å². The van der Waals surface area contributed by atoms with Gasteiger partial charge in [-0.3, -0.25) is 14.2 Å². The lowest BCUT2D eigenvalue weighted by Gasteiger charge is -2.17. The van der Waals surface area contributed by atoms with Crippen LogP contribution in [-0.4, -0.2) is 61.4 Å². The summed E-state index contributed by atoms with van der Waals surface area (Å²) in [5.41, 5.74) is -0.0593. The van der Waals surface area contributed by atoms with Crippen molar-refractivity contribution in [3.8, 4) is 6.07 Å². The van der Waals surface area contributed by atoms with Gasteiger partial charge in [-0.15, -0.1) is 13.2 Å². The first-order valence-electron chi connectivity index (χ1n) is 11.1. The highest BCUT2D eigenvalue weighted by atomic mass is 19.4. The van der Waals surface area contributed by atoms with E-state index in [4.69, 9.17) is 9.47 Å². The molecule has 1 aliphatic carbocycles. The lowest BCUT2D eigenvalue weighted by atomic mass is 10.1. The largest absolute Gasteiger partial charge is 0.522 e. The Balaban J connectivity index is 1.28. The SMILES string of the molecule is CC1(NC(=O)O[C@H]2CO[C@@H](c3cc(Nc4ncc(C#N)c5nc(COC(F)(F)F)cn45)n[nH]3)[C@@H]2F)CC1. The second-order valence-electron chi connectivity index (χ2n) is 8.93. The van der Waals surface area contributed by atoms with Gasteiger partial charge in [0.2, 0.25) is 5.95 Å². The fourth-order valence-electron chi connectivity index (χ4n) is 3.75. The van der Waals surface area contributed by atoms with Gasteiger partial charge < -0.3 is 20.1 Å². The number of imidazole rings is 1. The van der Waals surface area contributed by atoms with Crippen LogP contribution in [0.5, 0.6) is 0 Å². The number of nitrogens with zero attached hydrogens (tertiary/aromatic N) is 5. The number of aromatic nitrogens is 5. The number of alkyl halides is 4. The molecule has 1 amide bonds. The van der Waals surface area contributed by atoms with E-state index in [0.29, 0.717) is 0 Å². The van der Waals surface area contributed by atoms with Crippen LogP contribution in [-0.2, 0) is 20.8 Å². The topological polar surface area (TPSA) is 151 Å². The number of nitrogens with one attached hydrogen (secondary N) is 3. The molecule has 2 fully saturated rings. The summed E-state index contributed by atoms with van der Waals surface area (Å²) in [6.07, 6.45) is -5.31. The summed E-state index contributed by atoms with van der Waals surface area (Å²) in [5.74, 6) is 0.253. The molecular formula is C21H20F4N8O4. The number of hydrogen-bond acceptors (Lipinski definition) is 9. The highest BCUT2D eigenvalue weighted by molar-refractivity contribution is 5.69. The molecule has 0 unspecified atom stereocenters. The molecule has 12 nitrogen and oxygen atoms in total. The summed E-state index contributed by atoms with van der Waals surface area (Å²) in [4.78, 5) is 20.1. The zero-order chi connectivity index (χ0) is 26.4.